The number of carbonyl (C=O) groups excluding carboxylic acids is 2. The first-order valence-corrected chi connectivity index (χ1v) is 8.48. The van der Waals surface area contributed by atoms with E-state index in [4.69, 9.17) is 5.26 Å². The molecular formula is C19H15N7O2. The van der Waals surface area contributed by atoms with Gasteiger partial charge in [-0.3, -0.25) is 9.69 Å². The van der Waals surface area contributed by atoms with Gasteiger partial charge in [0.25, 0.3) is 5.91 Å². The van der Waals surface area contributed by atoms with E-state index in [0.717, 1.165) is 4.90 Å². The molecule has 2 heterocycles. The van der Waals surface area contributed by atoms with Crippen molar-refractivity contribution in [2.75, 3.05) is 0 Å². The van der Waals surface area contributed by atoms with Gasteiger partial charge in [0.2, 0.25) is 0 Å². The van der Waals surface area contributed by atoms with Crippen molar-refractivity contribution in [3.63, 3.8) is 0 Å². The Hall–Kier alpha value is -4.06. The van der Waals surface area contributed by atoms with Crippen molar-refractivity contribution in [1.29, 1.82) is 5.26 Å². The highest BCUT2D eigenvalue weighted by molar-refractivity contribution is 6.07. The van der Waals surface area contributed by atoms with Crippen LogP contribution in [0.25, 0.3) is 5.69 Å². The number of urea groups is 1. The second-order valence-corrected chi connectivity index (χ2v) is 6.56. The van der Waals surface area contributed by atoms with E-state index < -0.39 is 11.6 Å². The summed E-state index contributed by atoms with van der Waals surface area (Å²) in [6, 6.07) is 15.5. The number of aromatic nitrogens is 4. The molecule has 3 aromatic rings. The van der Waals surface area contributed by atoms with Gasteiger partial charge in [0.15, 0.2) is 0 Å². The molecule has 0 radical (unpaired) electrons. The lowest BCUT2D eigenvalue weighted by Crippen LogP contribution is -2.40. The molecule has 0 unspecified atom stereocenters. The van der Waals surface area contributed by atoms with Crippen LogP contribution in [0.15, 0.2) is 54.9 Å². The molecule has 1 aliphatic heterocycles. The average Bonchev–Trinajstić information content (AvgIpc) is 3.32. The number of benzene rings is 2. The third kappa shape index (κ3) is 2.87. The number of nitriles is 1. The number of rotatable bonds is 4. The lowest BCUT2D eigenvalue weighted by molar-refractivity contribution is -0.131. The number of hydrogen-bond donors (Lipinski definition) is 1. The summed E-state index contributed by atoms with van der Waals surface area (Å²) < 4.78 is 1.47. The topological polar surface area (TPSA) is 117 Å². The van der Waals surface area contributed by atoms with Crippen LogP contribution in [0.3, 0.4) is 0 Å². The minimum atomic E-state index is -1.21. The average molecular weight is 373 g/mol. The quantitative estimate of drug-likeness (QED) is 0.693. The Morgan fingerprint density at radius 3 is 2.75 bits per heavy atom. The molecule has 138 valence electrons. The van der Waals surface area contributed by atoms with Gasteiger partial charge in [-0.1, -0.05) is 24.3 Å². The molecule has 9 nitrogen and oxygen atoms in total. The fourth-order valence-electron chi connectivity index (χ4n) is 3.20. The molecule has 1 fully saturated rings. The SMILES string of the molecule is C[C@]1(c2cccc(-n3cnnn3)c2)NC(=O)N(Cc2cccc(C#N)c2)C1=O. The summed E-state index contributed by atoms with van der Waals surface area (Å²) in [5.74, 6) is -0.367. The highest BCUT2D eigenvalue weighted by Crippen LogP contribution is 2.30. The van der Waals surface area contributed by atoms with Crippen molar-refractivity contribution >= 4 is 11.9 Å². The van der Waals surface area contributed by atoms with Gasteiger partial charge >= 0.3 is 6.03 Å². The van der Waals surface area contributed by atoms with E-state index in [1.165, 1.54) is 11.0 Å². The van der Waals surface area contributed by atoms with Crippen LogP contribution in [0.2, 0.25) is 0 Å². The summed E-state index contributed by atoms with van der Waals surface area (Å²) in [5, 5.41) is 22.9. The Morgan fingerprint density at radius 2 is 2.00 bits per heavy atom. The van der Waals surface area contributed by atoms with Crippen molar-refractivity contribution in [3.05, 3.63) is 71.5 Å². The second kappa shape index (κ2) is 6.59. The van der Waals surface area contributed by atoms with Crippen LogP contribution in [0.1, 0.15) is 23.6 Å². The molecule has 1 aromatic heterocycles. The van der Waals surface area contributed by atoms with Crippen LogP contribution < -0.4 is 5.32 Å². The Balaban J connectivity index is 1.64. The zero-order chi connectivity index (χ0) is 19.7. The van der Waals surface area contributed by atoms with Crippen molar-refractivity contribution in [2.45, 2.75) is 19.0 Å². The highest BCUT2D eigenvalue weighted by Gasteiger charge is 2.49. The number of tetrazole rings is 1. The second-order valence-electron chi connectivity index (χ2n) is 6.56. The predicted molar refractivity (Wildman–Crippen MR) is 96.7 cm³/mol. The molecule has 0 bridgehead atoms. The molecule has 28 heavy (non-hydrogen) atoms. The van der Waals surface area contributed by atoms with Crippen molar-refractivity contribution < 1.29 is 9.59 Å². The van der Waals surface area contributed by atoms with Crippen molar-refractivity contribution in [3.8, 4) is 11.8 Å². The van der Waals surface area contributed by atoms with E-state index in [1.54, 1.807) is 55.5 Å². The first-order chi connectivity index (χ1) is 13.5. The number of carbonyl (C=O) groups is 2. The lowest BCUT2D eigenvalue weighted by Gasteiger charge is -2.23. The monoisotopic (exact) mass is 373 g/mol. The zero-order valence-corrected chi connectivity index (χ0v) is 14.9. The smallest absolute Gasteiger partial charge is 0.319 e. The standard InChI is InChI=1S/C19H15N7O2/c1-19(15-6-3-7-16(9-15)26-12-21-23-24-26)17(27)25(18(28)22-19)11-14-5-2-4-13(8-14)10-20/h2-9,12H,11H2,1H3,(H,22,28)/t19-/m1/s1. The molecule has 0 saturated carbocycles. The van der Waals surface area contributed by atoms with Gasteiger partial charge in [-0.2, -0.15) is 5.26 Å². The summed E-state index contributed by atoms with van der Waals surface area (Å²) in [6.45, 7) is 1.75. The maximum Gasteiger partial charge on any atom is 0.325 e. The van der Waals surface area contributed by atoms with Gasteiger partial charge in [0, 0.05) is 0 Å². The largest absolute Gasteiger partial charge is 0.325 e. The fraction of sp³-hybridized carbons (Fsp3) is 0.158. The lowest BCUT2D eigenvalue weighted by atomic mass is 9.91. The van der Waals surface area contributed by atoms with Crippen LogP contribution in [0, 0.1) is 11.3 Å². The van der Waals surface area contributed by atoms with E-state index >= 15 is 0 Å². The third-order valence-corrected chi connectivity index (χ3v) is 4.71. The third-order valence-electron chi connectivity index (χ3n) is 4.71. The summed E-state index contributed by atoms with van der Waals surface area (Å²) in [7, 11) is 0. The van der Waals surface area contributed by atoms with Crippen LogP contribution >= 0.6 is 0 Å². The van der Waals surface area contributed by atoms with Crippen molar-refractivity contribution in [2.24, 2.45) is 0 Å². The molecule has 1 saturated heterocycles. The normalized spacial score (nSPS) is 18.8. The summed E-state index contributed by atoms with van der Waals surface area (Å²) in [6.07, 6.45) is 1.45. The molecule has 4 rings (SSSR count). The highest BCUT2D eigenvalue weighted by atomic mass is 16.2. The van der Waals surface area contributed by atoms with Crippen LogP contribution in [0.4, 0.5) is 4.79 Å². The number of nitrogens with zero attached hydrogens (tertiary/aromatic N) is 6. The van der Waals surface area contributed by atoms with Crippen LogP contribution in [0.5, 0.6) is 0 Å². The van der Waals surface area contributed by atoms with Gasteiger partial charge in [-0.05, 0) is 52.7 Å². The molecule has 2 aromatic carbocycles. The molecule has 1 aliphatic rings. The first-order valence-electron chi connectivity index (χ1n) is 8.48. The number of amides is 3. The number of nitrogens with one attached hydrogen (secondary N) is 1. The number of imide groups is 1. The first kappa shape index (κ1) is 17.4. The maximum atomic E-state index is 13.1. The maximum absolute atomic E-state index is 13.1. The van der Waals surface area contributed by atoms with Crippen LogP contribution in [-0.2, 0) is 16.9 Å². The van der Waals surface area contributed by atoms with E-state index in [2.05, 4.69) is 26.9 Å². The minimum absolute atomic E-state index is 0.0858. The predicted octanol–water partition coefficient (Wildman–Crippen LogP) is 1.50. The van der Waals surface area contributed by atoms with E-state index in [1.807, 2.05) is 0 Å². The Bertz CT molecular complexity index is 1100. The molecule has 3 amide bonds. The Morgan fingerprint density at radius 1 is 1.18 bits per heavy atom. The summed E-state index contributed by atoms with van der Waals surface area (Å²) in [4.78, 5) is 26.8. The van der Waals surface area contributed by atoms with Gasteiger partial charge in [0.05, 0.1) is 23.9 Å². The van der Waals surface area contributed by atoms with Gasteiger partial charge in [-0.15, -0.1) is 5.10 Å². The van der Waals surface area contributed by atoms with E-state index in [0.29, 0.717) is 22.4 Å². The Labute approximate surface area is 160 Å². The number of hydrogen-bond acceptors (Lipinski definition) is 6. The van der Waals surface area contributed by atoms with Crippen molar-refractivity contribution in [1.82, 2.24) is 30.4 Å². The molecule has 1 atom stereocenters. The van der Waals surface area contributed by atoms with E-state index in [9.17, 15) is 9.59 Å². The van der Waals surface area contributed by atoms with Gasteiger partial charge < -0.3 is 5.32 Å². The van der Waals surface area contributed by atoms with Gasteiger partial charge in [0.1, 0.15) is 11.9 Å². The van der Waals surface area contributed by atoms with E-state index in [-0.39, 0.29) is 12.5 Å². The molecular weight excluding hydrogens is 358 g/mol. The summed E-state index contributed by atoms with van der Waals surface area (Å²) >= 11 is 0. The fourth-order valence-corrected chi connectivity index (χ4v) is 3.20. The molecule has 0 spiro atoms. The molecule has 0 aliphatic carbocycles. The molecule has 9 heteroatoms. The van der Waals surface area contributed by atoms with Crippen LogP contribution in [-0.4, -0.2) is 37.0 Å². The summed E-state index contributed by atoms with van der Waals surface area (Å²) in [5.41, 5.74) is 1.25. The minimum Gasteiger partial charge on any atom is -0.319 e. The zero-order valence-electron chi connectivity index (χ0n) is 14.9. The Kier molecular flexibility index (Phi) is 4.08. The van der Waals surface area contributed by atoms with Gasteiger partial charge in [-0.25, -0.2) is 9.48 Å². The molecule has 1 N–H and O–H groups in total.